The van der Waals surface area contributed by atoms with Gasteiger partial charge < -0.3 is 14.8 Å². The number of amides is 1. The van der Waals surface area contributed by atoms with Gasteiger partial charge in [-0.15, -0.1) is 0 Å². The highest BCUT2D eigenvalue weighted by molar-refractivity contribution is 7.91. The molecule has 1 atom stereocenters. The van der Waals surface area contributed by atoms with Crippen molar-refractivity contribution in [1.82, 2.24) is 5.32 Å². The molecule has 26 heavy (non-hydrogen) atoms. The fraction of sp³-hybridized carbons (Fsp3) is 0.529. The van der Waals surface area contributed by atoms with Crippen LogP contribution in [0.4, 0.5) is 0 Å². The summed E-state index contributed by atoms with van der Waals surface area (Å²) in [5.41, 5.74) is 0.908. The minimum atomic E-state index is -3.06. The molecule has 1 N–H and O–H groups in total. The number of nitrogens with one attached hydrogen (secondary N) is 1. The molecular weight excluding hydrogens is 382 g/mol. The van der Waals surface area contributed by atoms with Crippen LogP contribution in [0.2, 0.25) is 5.02 Å². The Kier molecular flexibility index (Phi) is 7.28. The number of halogens is 1. The van der Waals surface area contributed by atoms with Gasteiger partial charge in [-0.05, 0) is 43.5 Å². The summed E-state index contributed by atoms with van der Waals surface area (Å²) in [7, 11) is -3.06. The van der Waals surface area contributed by atoms with E-state index >= 15 is 0 Å². The number of ether oxygens (including phenoxy) is 2. The van der Waals surface area contributed by atoms with E-state index in [9.17, 15) is 18.0 Å². The minimum absolute atomic E-state index is 0.0614. The molecular formula is C17H22ClNO6S. The summed E-state index contributed by atoms with van der Waals surface area (Å²) in [6.07, 6.45) is 0.963. The molecule has 1 aliphatic heterocycles. The first-order valence-electron chi connectivity index (χ1n) is 8.29. The molecule has 1 aromatic rings. The van der Waals surface area contributed by atoms with E-state index in [0.717, 1.165) is 5.56 Å². The third kappa shape index (κ3) is 6.84. The lowest BCUT2D eigenvalue weighted by atomic mass is 10.2. The smallest absolute Gasteiger partial charge is 0.306 e. The number of aryl methyl sites for hydroxylation is 1. The molecule has 1 fully saturated rings. The van der Waals surface area contributed by atoms with Crippen LogP contribution in [0.3, 0.4) is 0 Å². The lowest BCUT2D eigenvalue weighted by Gasteiger charge is -2.11. The Bertz CT molecular complexity index is 765. The predicted molar refractivity (Wildman–Crippen MR) is 97.1 cm³/mol. The summed E-state index contributed by atoms with van der Waals surface area (Å²) in [5, 5.41) is 3.19. The average molecular weight is 404 g/mol. The Labute approximate surface area is 157 Å². The molecule has 0 unspecified atom stereocenters. The van der Waals surface area contributed by atoms with Gasteiger partial charge in [0.1, 0.15) is 5.75 Å². The van der Waals surface area contributed by atoms with Gasteiger partial charge in [-0.3, -0.25) is 9.59 Å². The first-order valence-corrected chi connectivity index (χ1v) is 10.5. The zero-order chi connectivity index (χ0) is 19.2. The molecule has 1 heterocycles. The van der Waals surface area contributed by atoms with Crippen molar-refractivity contribution in [3.8, 4) is 5.75 Å². The second-order valence-electron chi connectivity index (χ2n) is 6.19. The van der Waals surface area contributed by atoms with E-state index in [-0.39, 0.29) is 17.9 Å². The Balaban J connectivity index is 1.59. The molecule has 1 aliphatic rings. The molecule has 0 radical (unpaired) electrons. The number of rotatable bonds is 8. The maximum absolute atomic E-state index is 11.7. The van der Waals surface area contributed by atoms with E-state index in [1.54, 1.807) is 18.2 Å². The molecule has 0 aromatic heterocycles. The monoisotopic (exact) mass is 403 g/mol. The van der Waals surface area contributed by atoms with Crippen molar-refractivity contribution in [2.45, 2.75) is 32.2 Å². The highest BCUT2D eigenvalue weighted by Gasteiger charge is 2.28. The largest absolute Gasteiger partial charge is 0.493 e. The number of sulfone groups is 1. The van der Waals surface area contributed by atoms with E-state index < -0.39 is 34.4 Å². The fourth-order valence-electron chi connectivity index (χ4n) is 2.57. The van der Waals surface area contributed by atoms with Gasteiger partial charge >= 0.3 is 5.97 Å². The zero-order valence-corrected chi connectivity index (χ0v) is 16.1. The van der Waals surface area contributed by atoms with Gasteiger partial charge in [0.05, 0.1) is 18.1 Å². The molecule has 0 aliphatic carbocycles. The highest BCUT2D eigenvalue weighted by atomic mass is 35.5. The number of carbonyl (C=O) groups excluding carboxylic acids is 2. The van der Waals surface area contributed by atoms with Crippen molar-refractivity contribution in [3.63, 3.8) is 0 Å². The predicted octanol–water partition coefficient (Wildman–Crippen LogP) is 1.65. The normalized spacial score (nSPS) is 18.3. The van der Waals surface area contributed by atoms with Crippen molar-refractivity contribution in [2.75, 3.05) is 24.7 Å². The molecule has 7 nitrogen and oxygen atoms in total. The first-order chi connectivity index (χ1) is 12.2. The number of esters is 1. The zero-order valence-electron chi connectivity index (χ0n) is 14.5. The number of benzene rings is 1. The van der Waals surface area contributed by atoms with E-state index in [1.807, 2.05) is 6.92 Å². The van der Waals surface area contributed by atoms with Gasteiger partial charge in [0.25, 0.3) is 5.91 Å². The van der Waals surface area contributed by atoms with Crippen LogP contribution >= 0.6 is 11.6 Å². The molecule has 1 amide bonds. The summed E-state index contributed by atoms with van der Waals surface area (Å²) >= 11 is 5.87. The Morgan fingerprint density at radius 1 is 1.35 bits per heavy atom. The van der Waals surface area contributed by atoms with Gasteiger partial charge in [-0.25, -0.2) is 8.42 Å². The molecule has 144 valence electrons. The third-order valence-electron chi connectivity index (χ3n) is 3.88. The quantitative estimate of drug-likeness (QED) is 0.523. The summed E-state index contributed by atoms with van der Waals surface area (Å²) < 4.78 is 33.1. The lowest BCUT2D eigenvalue weighted by molar-refractivity contribution is -0.148. The number of hydrogen-bond acceptors (Lipinski definition) is 6. The van der Waals surface area contributed by atoms with Crippen LogP contribution in [-0.4, -0.2) is 51.1 Å². The van der Waals surface area contributed by atoms with E-state index in [4.69, 9.17) is 21.1 Å². The summed E-state index contributed by atoms with van der Waals surface area (Å²) in [6.45, 7) is 1.81. The maximum Gasteiger partial charge on any atom is 0.306 e. The van der Waals surface area contributed by atoms with Gasteiger partial charge in [0.15, 0.2) is 16.4 Å². The molecule has 2 rings (SSSR count). The average Bonchev–Trinajstić information content (AvgIpc) is 2.90. The second kappa shape index (κ2) is 9.23. The Hall–Kier alpha value is -1.80. The maximum atomic E-state index is 11.7. The Morgan fingerprint density at radius 3 is 2.77 bits per heavy atom. The van der Waals surface area contributed by atoms with Gasteiger partial charge in [0.2, 0.25) is 0 Å². The SMILES string of the molecule is Cc1cc(Cl)ccc1OCCCC(=O)OCC(=O)N[C@H]1CCS(=O)(=O)C1. The second-order valence-corrected chi connectivity index (χ2v) is 8.86. The summed E-state index contributed by atoms with van der Waals surface area (Å²) in [4.78, 5) is 23.3. The van der Waals surface area contributed by atoms with E-state index in [2.05, 4.69) is 5.32 Å². The highest BCUT2D eigenvalue weighted by Crippen LogP contribution is 2.21. The Morgan fingerprint density at radius 2 is 2.12 bits per heavy atom. The summed E-state index contributed by atoms with van der Waals surface area (Å²) in [6, 6.07) is 4.89. The van der Waals surface area contributed by atoms with Crippen molar-refractivity contribution in [2.24, 2.45) is 0 Å². The molecule has 0 saturated carbocycles. The topological polar surface area (TPSA) is 98.8 Å². The summed E-state index contributed by atoms with van der Waals surface area (Å²) in [5.74, 6) is -0.281. The molecule has 1 saturated heterocycles. The van der Waals surface area contributed by atoms with Crippen LogP contribution < -0.4 is 10.1 Å². The number of carbonyl (C=O) groups is 2. The third-order valence-corrected chi connectivity index (χ3v) is 5.88. The van der Waals surface area contributed by atoms with E-state index in [0.29, 0.717) is 30.2 Å². The van der Waals surface area contributed by atoms with Crippen LogP contribution in [0.1, 0.15) is 24.8 Å². The molecule has 0 bridgehead atoms. The van der Waals surface area contributed by atoms with Gasteiger partial charge in [0, 0.05) is 17.5 Å². The van der Waals surface area contributed by atoms with Crippen LogP contribution in [-0.2, 0) is 24.2 Å². The van der Waals surface area contributed by atoms with Crippen molar-refractivity contribution >= 4 is 33.3 Å². The standard InChI is InChI=1S/C17H22ClNO6S/c1-12-9-13(18)4-5-15(12)24-7-2-3-17(21)25-10-16(20)19-14-6-8-26(22,23)11-14/h4-5,9,14H,2-3,6-8,10-11H2,1H3,(H,19,20)/t14-/m0/s1. The van der Waals surface area contributed by atoms with Crippen molar-refractivity contribution in [1.29, 1.82) is 0 Å². The molecule has 9 heteroatoms. The van der Waals surface area contributed by atoms with Crippen LogP contribution in [0.25, 0.3) is 0 Å². The first kappa shape index (κ1) is 20.5. The fourth-order valence-corrected chi connectivity index (χ4v) is 4.47. The van der Waals surface area contributed by atoms with Crippen molar-refractivity contribution in [3.05, 3.63) is 28.8 Å². The van der Waals surface area contributed by atoms with Crippen LogP contribution in [0, 0.1) is 6.92 Å². The van der Waals surface area contributed by atoms with Gasteiger partial charge in [-0.2, -0.15) is 0 Å². The van der Waals surface area contributed by atoms with E-state index in [1.165, 1.54) is 0 Å². The molecule has 0 spiro atoms. The minimum Gasteiger partial charge on any atom is -0.493 e. The van der Waals surface area contributed by atoms with Gasteiger partial charge in [-0.1, -0.05) is 11.6 Å². The number of hydrogen-bond donors (Lipinski definition) is 1. The van der Waals surface area contributed by atoms with Crippen LogP contribution in [0.15, 0.2) is 18.2 Å². The van der Waals surface area contributed by atoms with Crippen LogP contribution in [0.5, 0.6) is 5.75 Å². The van der Waals surface area contributed by atoms with Crippen molar-refractivity contribution < 1.29 is 27.5 Å². The molecule has 1 aromatic carbocycles. The lowest BCUT2D eigenvalue weighted by Crippen LogP contribution is -2.38.